The van der Waals surface area contributed by atoms with Crippen molar-refractivity contribution in [1.29, 1.82) is 0 Å². The topological polar surface area (TPSA) is 3.24 Å². The third-order valence-corrected chi connectivity index (χ3v) is 8.72. The van der Waals surface area contributed by atoms with Crippen LogP contribution in [0.1, 0.15) is 39.5 Å². The van der Waals surface area contributed by atoms with Gasteiger partial charge in [0.1, 0.15) is 0 Å². The molecule has 0 amide bonds. The average Bonchev–Trinajstić information content (AvgIpc) is 2.45. The van der Waals surface area contributed by atoms with Gasteiger partial charge in [0.2, 0.25) is 0 Å². The molecule has 0 saturated carbocycles. The number of rotatable bonds is 3. The molecular formula is C22H33NSi. The van der Waals surface area contributed by atoms with Gasteiger partial charge in [-0.3, -0.25) is 0 Å². The molecule has 4 atom stereocenters. The molecule has 0 aromatic rings. The Bertz CT molecular complexity index is 643. The Morgan fingerprint density at radius 1 is 1.21 bits per heavy atom. The lowest BCUT2D eigenvalue weighted by Gasteiger charge is -2.55. The van der Waals surface area contributed by atoms with Crippen LogP contribution in [0.4, 0.5) is 0 Å². The predicted octanol–water partition coefficient (Wildman–Crippen LogP) is 5.70. The smallest absolute Gasteiger partial charge is 0.0746 e. The first kappa shape index (κ1) is 16.4. The van der Waals surface area contributed by atoms with Gasteiger partial charge in [-0.1, -0.05) is 63.0 Å². The van der Waals surface area contributed by atoms with E-state index < -0.39 is 8.07 Å². The molecule has 0 N–H and O–H groups in total. The highest BCUT2D eigenvalue weighted by Gasteiger charge is 2.46. The van der Waals surface area contributed by atoms with Crippen LogP contribution in [0.2, 0.25) is 19.6 Å². The molecule has 2 heterocycles. The summed E-state index contributed by atoms with van der Waals surface area (Å²) in [5, 5.41) is 1.82. The number of nitrogens with zero attached hydrogens (tertiary/aromatic N) is 1. The van der Waals surface area contributed by atoms with Crippen LogP contribution in [0.5, 0.6) is 0 Å². The van der Waals surface area contributed by atoms with Gasteiger partial charge in [-0.15, -0.1) is 0 Å². The number of hydrogen-bond donors (Lipinski definition) is 0. The molecular weight excluding hydrogens is 306 g/mol. The number of allylic oxidation sites excluding steroid dienone is 3. The van der Waals surface area contributed by atoms with Gasteiger partial charge < -0.3 is 4.90 Å². The molecule has 0 aromatic carbocycles. The van der Waals surface area contributed by atoms with Crippen LogP contribution in [-0.2, 0) is 0 Å². The summed E-state index contributed by atoms with van der Waals surface area (Å²) in [5.74, 6) is 2.26. The van der Waals surface area contributed by atoms with Crippen LogP contribution < -0.4 is 0 Å². The first-order valence-electron chi connectivity index (χ1n) is 9.93. The van der Waals surface area contributed by atoms with Crippen LogP contribution in [-0.4, -0.2) is 25.1 Å². The van der Waals surface area contributed by atoms with E-state index in [2.05, 4.69) is 68.9 Å². The summed E-state index contributed by atoms with van der Waals surface area (Å²) in [6.07, 6.45) is 17.6. The fraction of sp³-hybridized carbons (Fsp3) is 0.636. The molecule has 2 heteroatoms. The fourth-order valence-electron chi connectivity index (χ4n) is 5.37. The maximum Gasteiger partial charge on any atom is 0.0746 e. The number of fused-ring (bicyclic) bond motifs is 5. The van der Waals surface area contributed by atoms with Crippen molar-refractivity contribution in [3.8, 4) is 0 Å². The minimum Gasteiger partial charge on any atom is -0.364 e. The van der Waals surface area contributed by atoms with Crippen LogP contribution in [0, 0.1) is 17.8 Å². The zero-order valence-electron chi connectivity index (χ0n) is 16.0. The minimum absolute atomic E-state index is 0.628. The van der Waals surface area contributed by atoms with E-state index in [1.54, 1.807) is 11.1 Å². The van der Waals surface area contributed by atoms with Crippen molar-refractivity contribution < 1.29 is 0 Å². The monoisotopic (exact) mass is 339 g/mol. The van der Waals surface area contributed by atoms with Crippen molar-refractivity contribution in [3.05, 3.63) is 46.8 Å². The lowest BCUT2D eigenvalue weighted by molar-refractivity contribution is 0.154. The van der Waals surface area contributed by atoms with Gasteiger partial charge in [-0.05, 0) is 54.9 Å². The van der Waals surface area contributed by atoms with Gasteiger partial charge in [0.05, 0.1) is 20.2 Å². The van der Waals surface area contributed by atoms with Crippen LogP contribution in [0.25, 0.3) is 0 Å². The molecule has 0 saturated heterocycles. The van der Waals surface area contributed by atoms with E-state index in [1.165, 1.54) is 25.7 Å². The van der Waals surface area contributed by atoms with Crippen molar-refractivity contribution in [2.75, 3.05) is 0 Å². The molecule has 0 bridgehead atoms. The van der Waals surface area contributed by atoms with Crippen LogP contribution in [0.15, 0.2) is 46.8 Å². The van der Waals surface area contributed by atoms with Crippen molar-refractivity contribution >= 4 is 8.07 Å². The second-order valence-corrected chi connectivity index (χ2v) is 14.8. The van der Waals surface area contributed by atoms with Gasteiger partial charge in [-0.25, -0.2) is 0 Å². The second kappa shape index (κ2) is 5.76. The first-order chi connectivity index (χ1) is 11.4. The third-order valence-electron chi connectivity index (χ3n) is 6.46. The molecule has 0 spiro atoms. The standard InChI is InChI=1S/C22H33NSi/c1-15(2)12-16-13-21-18-9-7-6-8-17(18)19-10-11-20(19)23(21)14-22(16)24(3,4)5/h6,8,10-11,14-16,19-21H,7,9,12-13H2,1-5H3. The van der Waals surface area contributed by atoms with Gasteiger partial charge in [0.15, 0.2) is 0 Å². The van der Waals surface area contributed by atoms with E-state index in [-0.39, 0.29) is 0 Å². The van der Waals surface area contributed by atoms with Crippen molar-refractivity contribution in [2.45, 2.75) is 71.3 Å². The molecule has 4 aliphatic rings. The van der Waals surface area contributed by atoms with Crippen molar-refractivity contribution in [2.24, 2.45) is 17.8 Å². The SMILES string of the molecule is CC(C)CC1CC2C3=C(C=CCC3)C3C=CC3N2C=C1[Si](C)(C)C. The predicted molar refractivity (Wildman–Crippen MR) is 106 cm³/mol. The summed E-state index contributed by atoms with van der Waals surface area (Å²) >= 11 is 0. The van der Waals surface area contributed by atoms with E-state index >= 15 is 0 Å². The molecule has 2 aliphatic carbocycles. The summed E-state index contributed by atoms with van der Waals surface area (Å²) in [4.78, 5) is 2.77. The molecule has 4 unspecified atom stereocenters. The molecule has 1 nitrogen and oxygen atoms in total. The van der Waals surface area contributed by atoms with E-state index in [0.717, 1.165) is 11.8 Å². The van der Waals surface area contributed by atoms with Crippen molar-refractivity contribution in [1.82, 2.24) is 4.90 Å². The Labute approximate surface area is 149 Å². The molecule has 24 heavy (non-hydrogen) atoms. The normalized spacial score (nSPS) is 34.6. The molecule has 2 aliphatic heterocycles. The van der Waals surface area contributed by atoms with Crippen LogP contribution in [0.3, 0.4) is 0 Å². The molecule has 0 fully saturated rings. The van der Waals surface area contributed by atoms with Gasteiger partial charge >= 0.3 is 0 Å². The minimum atomic E-state index is -1.27. The lowest BCUT2D eigenvalue weighted by atomic mass is 9.69. The molecule has 0 aromatic heterocycles. The Kier molecular flexibility index (Phi) is 3.95. The first-order valence-corrected chi connectivity index (χ1v) is 13.4. The van der Waals surface area contributed by atoms with Gasteiger partial charge in [0.25, 0.3) is 0 Å². The second-order valence-electron chi connectivity index (χ2n) is 9.68. The Balaban J connectivity index is 1.76. The van der Waals surface area contributed by atoms with E-state index in [9.17, 15) is 0 Å². The summed E-state index contributed by atoms with van der Waals surface area (Å²) in [5.41, 5.74) is 3.44. The van der Waals surface area contributed by atoms with E-state index in [1.807, 2.05) is 5.20 Å². The third kappa shape index (κ3) is 2.58. The number of hydrogen-bond acceptors (Lipinski definition) is 1. The zero-order chi connectivity index (χ0) is 17.1. The summed E-state index contributed by atoms with van der Waals surface area (Å²) in [7, 11) is -1.27. The fourth-order valence-corrected chi connectivity index (χ4v) is 7.36. The quantitative estimate of drug-likeness (QED) is 0.471. The Morgan fingerprint density at radius 2 is 2.00 bits per heavy atom. The highest BCUT2D eigenvalue weighted by Crippen LogP contribution is 2.49. The van der Waals surface area contributed by atoms with E-state index in [0.29, 0.717) is 18.0 Å². The highest BCUT2D eigenvalue weighted by molar-refractivity contribution is 6.83. The maximum atomic E-state index is 2.77. The van der Waals surface area contributed by atoms with Crippen LogP contribution >= 0.6 is 0 Å². The van der Waals surface area contributed by atoms with E-state index in [4.69, 9.17) is 0 Å². The summed E-state index contributed by atoms with van der Waals surface area (Å²) < 4.78 is 0. The summed E-state index contributed by atoms with van der Waals surface area (Å²) in [6, 6.07) is 1.29. The Morgan fingerprint density at radius 3 is 2.62 bits per heavy atom. The molecule has 4 rings (SSSR count). The average molecular weight is 340 g/mol. The largest absolute Gasteiger partial charge is 0.364 e. The van der Waals surface area contributed by atoms with Gasteiger partial charge in [0, 0.05) is 5.92 Å². The van der Waals surface area contributed by atoms with Gasteiger partial charge in [-0.2, -0.15) is 0 Å². The zero-order valence-corrected chi connectivity index (χ0v) is 17.0. The maximum absolute atomic E-state index is 2.77. The summed E-state index contributed by atoms with van der Waals surface area (Å²) in [6.45, 7) is 12.4. The Hall–Kier alpha value is -1.02. The molecule has 130 valence electrons. The van der Waals surface area contributed by atoms with Crippen molar-refractivity contribution in [3.63, 3.8) is 0 Å². The molecule has 0 radical (unpaired) electrons. The highest BCUT2D eigenvalue weighted by atomic mass is 28.3. The lowest BCUT2D eigenvalue weighted by Crippen LogP contribution is -2.55.